The highest BCUT2D eigenvalue weighted by Crippen LogP contribution is 2.37. The molecule has 2 fully saturated rings. The largest absolute Gasteiger partial charge is 0.441 e. The van der Waals surface area contributed by atoms with Crippen molar-refractivity contribution in [2.24, 2.45) is 5.92 Å². The van der Waals surface area contributed by atoms with E-state index in [9.17, 15) is 22.8 Å². The molecule has 1 saturated heterocycles. The van der Waals surface area contributed by atoms with E-state index in [-0.39, 0.29) is 41.8 Å². The number of rotatable bonds is 4. The SMILES string of the molecule is CC1NC(=O)C(C2CC2)N(CCSC(F)(F)F)C1=O. The lowest BCUT2D eigenvalue weighted by atomic mass is 10.0. The number of thioether (sulfide) groups is 1. The summed E-state index contributed by atoms with van der Waals surface area (Å²) in [5.74, 6) is -0.670. The van der Waals surface area contributed by atoms with E-state index in [0.717, 1.165) is 12.8 Å². The van der Waals surface area contributed by atoms with Crippen molar-refractivity contribution in [2.75, 3.05) is 12.3 Å². The second kappa shape index (κ2) is 5.22. The smallest absolute Gasteiger partial charge is 0.343 e. The van der Waals surface area contributed by atoms with Gasteiger partial charge in [-0.15, -0.1) is 0 Å². The minimum absolute atomic E-state index is 0.0397. The number of hydrogen-bond acceptors (Lipinski definition) is 3. The predicted octanol–water partition coefficient (Wildman–Crippen LogP) is 1.36. The molecule has 2 amide bonds. The van der Waals surface area contributed by atoms with Crippen molar-refractivity contribution in [3.63, 3.8) is 0 Å². The zero-order valence-electron chi connectivity index (χ0n) is 10.4. The molecule has 2 unspecified atom stereocenters. The lowest BCUT2D eigenvalue weighted by Crippen LogP contribution is -2.63. The first-order valence-electron chi connectivity index (χ1n) is 6.11. The Hall–Kier alpha value is -0.920. The first kappa shape index (κ1) is 14.5. The maximum atomic E-state index is 12.1. The molecule has 0 bridgehead atoms. The normalized spacial score (nSPS) is 28.5. The Morgan fingerprint density at radius 2 is 2.00 bits per heavy atom. The molecule has 0 aromatic rings. The number of nitrogens with zero attached hydrogens (tertiary/aromatic N) is 1. The Kier molecular flexibility index (Phi) is 3.98. The average molecular weight is 296 g/mol. The van der Waals surface area contributed by atoms with E-state index < -0.39 is 17.6 Å². The van der Waals surface area contributed by atoms with Crippen LogP contribution in [0.5, 0.6) is 0 Å². The van der Waals surface area contributed by atoms with Crippen molar-refractivity contribution in [1.82, 2.24) is 10.2 Å². The molecule has 0 spiro atoms. The Morgan fingerprint density at radius 3 is 2.53 bits per heavy atom. The first-order chi connectivity index (χ1) is 8.79. The van der Waals surface area contributed by atoms with Crippen LogP contribution in [0, 0.1) is 5.92 Å². The molecule has 2 rings (SSSR count). The van der Waals surface area contributed by atoms with Crippen LogP contribution >= 0.6 is 11.8 Å². The molecule has 8 heteroatoms. The van der Waals surface area contributed by atoms with E-state index in [4.69, 9.17) is 0 Å². The summed E-state index contributed by atoms with van der Waals surface area (Å²) in [4.78, 5) is 25.2. The van der Waals surface area contributed by atoms with Gasteiger partial charge in [0.05, 0.1) is 0 Å². The first-order valence-corrected chi connectivity index (χ1v) is 7.09. The van der Waals surface area contributed by atoms with E-state index in [1.54, 1.807) is 6.92 Å². The van der Waals surface area contributed by atoms with Gasteiger partial charge < -0.3 is 10.2 Å². The second-order valence-electron chi connectivity index (χ2n) is 4.84. The van der Waals surface area contributed by atoms with Crippen LogP contribution in [-0.2, 0) is 9.59 Å². The number of carbonyl (C=O) groups excluding carboxylic acids is 2. The number of amides is 2. The molecule has 1 heterocycles. The van der Waals surface area contributed by atoms with Crippen molar-refractivity contribution in [1.29, 1.82) is 0 Å². The third kappa shape index (κ3) is 3.55. The Bertz CT molecular complexity index is 385. The van der Waals surface area contributed by atoms with E-state index in [2.05, 4.69) is 5.32 Å². The van der Waals surface area contributed by atoms with E-state index in [0.29, 0.717) is 0 Å². The molecule has 1 aliphatic heterocycles. The van der Waals surface area contributed by atoms with Crippen molar-refractivity contribution < 1.29 is 22.8 Å². The maximum absolute atomic E-state index is 12.1. The fraction of sp³-hybridized carbons (Fsp3) is 0.818. The Morgan fingerprint density at radius 1 is 1.37 bits per heavy atom. The van der Waals surface area contributed by atoms with E-state index in [1.165, 1.54) is 4.90 Å². The average Bonchev–Trinajstić information content (AvgIpc) is 3.07. The van der Waals surface area contributed by atoms with Gasteiger partial charge in [0, 0.05) is 12.3 Å². The molecule has 1 aliphatic carbocycles. The van der Waals surface area contributed by atoms with Crippen molar-refractivity contribution in [3.8, 4) is 0 Å². The molecule has 2 aliphatic rings. The molecule has 0 aromatic carbocycles. The lowest BCUT2D eigenvalue weighted by molar-refractivity contribution is -0.149. The summed E-state index contributed by atoms with van der Waals surface area (Å²) >= 11 is -0.160. The fourth-order valence-corrected chi connectivity index (χ4v) is 2.80. The molecule has 1 saturated carbocycles. The highest BCUT2D eigenvalue weighted by Gasteiger charge is 2.46. The fourth-order valence-electron chi connectivity index (χ4n) is 2.28. The molecule has 0 radical (unpaired) electrons. The number of halogens is 3. The highest BCUT2D eigenvalue weighted by molar-refractivity contribution is 8.00. The molecule has 108 valence electrons. The molecule has 19 heavy (non-hydrogen) atoms. The van der Waals surface area contributed by atoms with Crippen LogP contribution in [0.3, 0.4) is 0 Å². The summed E-state index contributed by atoms with van der Waals surface area (Å²) in [6.07, 6.45) is 1.70. The van der Waals surface area contributed by atoms with E-state index >= 15 is 0 Å². The lowest BCUT2D eigenvalue weighted by Gasteiger charge is -2.38. The molecule has 2 atom stereocenters. The summed E-state index contributed by atoms with van der Waals surface area (Å²) in [7, 11) is 0. The quantitative estimate of drug-likeness (QED) is 0.852. The summed E-state index contributed by atoms with van der Waals surface area (Å²) in [6, 6.07) is -1.24. The minimum atomic E-state index is -4.30. The van der Waals surface area contributed by atoms with Gasteiger partial charge in [0.1, 0.15) is 12.1 Å². The van der Waals surface area contributed by atoms with Crippen LogP contribution in [-0.4, -0.2) is 46.6 Å². The van der Waals surface area contributed by atoms with Gasteiger partial charge in [-0.3, -0.25) is 9.59 Å². The van der Waals surface area contributed by atoms with Gasteiger partial charge in [0.2, 0.25) is 11.8 Å². The van der Waals surface area contributed by atoms with Gasteiger partial charge in [-0.2, -0.15) is 13.2 Å². The third-order valence-electron chi connectivity index (χ3n) is 3.28. The predicted molar refractivity (Wildman–Crippen MR) is 64.3 cm³/mol. The molecular formula is C11H15F3N2O2S. The zero-order valence-corrected chi connectivity index (χ0v) is 11.2. The van der Waals surface area contributed by atoms with Crippen molar-refractivity contribution in [2.45, 2.75) is 37.4 Å². The minimum Gasteiger partial charge on any atom is -0.343 e. The summed E-state index contributed by atoms with van der Waals surface area (Å²) in [5.41, 5.74) is -4.30. The molecule has 4 nitrogen and oxygen atoms in total. The molecule has 1 N–H and O–H groups in total. The van der Waals surface area contributed by atoms with Gasteiger partial charge >= 0.3 is 5.51 Å². The summed E-state index contributed by atoms with van der Waals surface area (Å²) in [6.45, 7) is 1.51. The van der Waals surface area contributed by atoms with Crippen LogP contribution in [0.4, 0.5) is 13.2 Å². The third-order valence-corrected chi connectivity index (χ3v) is 4.00. The van der Waals surface area contributed by atoms with Crippen LogP contribution in [0.15, 0.2) is 0 Å². The van der Waals surface area contributed by atoms with Crippen LogP contribution in [0.1, 0.15) is 19.8 Å². The number of carbonyl (C=O) groups is 2. The van der Waals surface area contributed by atoms with Crippen molar-refractivity contribution in [3.05, 3.63) is 0 Å². The standard InChI is InChI=1S/C11H15F3N2O2S/c1-6-10(18)16(4-5-19-11(12,13)14)8(7-2-3-7)9(17)15-6/h6-8H,2-5H2,1H3,(H,15,17). The van der Waals surface area contributed by atoms with Crippen LogP contribution in [0.2, 0.25) is 0 Å². The topological polar surface area (TPSA) is 49.4 Å². The number of piperazine rings is 1. The van der Waals surface area contributed by atoms with Gasteiger partial charge in [-0.1, -0.05) is 0 Å². The van der Waals surface area contributed by atoms with Gasteiger partial charge in [-0.05, 0) is 37.4 Å². The Labute approximate surface area is 113 Å². The number of hydrogen-bond donors (Lipinski definition) is 1. The van der Waals surface area contributed by atoms with Gasteiger partial charge in [0.25, 0.3) is 0 Å². The number of nitrogens with one attached hydrogen (secondary N) is 1. The molecule has 0 aromatic heterocycles. The van der Waals surface area contributed by atoms with Crippen LogP contribution in [0.25, 0.3) is 0 Å². The molecular weight excluding hydrogens is 281 g/mol. The highest BCUT2D eigenvalue weighted by atomic mass is 32.2. The number of alkyl halides is 3. The second-order valence-corrected chi connectivity index (χ2v) is 6.00. The summed E-state index contributed by atoms with van der Waals surface area (Å²) in [5, 5.41) is 2.58. The summed E-state index contributed by atoms with van der Waals surface area (Å²) < 4.78 is 36.3. The van der Waals surface area contributed by atoms with Crippen molar-refractivity contribution >= 4 is 23.6 Å². The van der Waals surface area contributed by atoms with E-state index in [1.807, 2.05) is 0 Å². The Balaban J connectivity index is 2.00. The zero-order chi connectivity index (χ0) is 14.2. The van der Waals surface area contributed by atoms with Gasteiger partial charge in [0.15, 0.2) is 0 Å². The maximum Gasteiger partial charge on any atom is 0.441 e. The monoisotopic (exact) mass is 296 g/mol. The van der Waals surface area contributed by atoms with Gasteiger partial charge in [-0.25, -0.2) is 0 Å². The van der Waals surface area contributed by atoms with Crippen LogP contribution < -0.4 is 5.32 Å².